The lowest BCUT2D eigenvalue weighted by Gasteiger charge is -2.46. The number of fused-ring (bicyclic) bond motifs is 1. The second-order valence-corrected chi connectivity index (χ2v) is 15.8. The minimum atomic E-state index is -6.13. The number of nitrogens with zero attached hydrogens (tertiary/aromatic N) is 2. The molecule has 1 atom stereocenters. The van der Waals surface area contributed by atoms with Gasteiger partial charge in [0.1, 0.15) is 6.15 Å². The van der Waals surface area contributed by atoms with E-state index in [1.54, 1.807) is 29.5 Å². The Hall–Kier alpha value is -6.90. The van der Waals surface area contributed by atoms with Crippen molar-refractivity contribution in [1.82, 2.24) is 4.98 Å². The van der Waals surface area contributed by atoms with Crippen molar-refractivity contribution < 1.29 is 115 Å². The van der Waals surface area contributed by atoms with E-state index in [1.807, 2.05) is 12.1 Å². The molecule has 73 heavy (non-hydrogen) atoms. The van der Waals surface area contributed by atoms with Crippen molar-refractivity contribution >= 4 is 34.1 Å². The van der Waals surface area contributed by atoms with E-state index in [2.05, 4.69) is 29.3 Å². The highest BCUT2D eigenvalue weighted by atomic mass is 19.4. The van der Waals surface area contributed by atoms with Crippen molar-refractivity contribution in [3.63, 3.8) is 0 Å². The summed E-state index contributed by atoms with van der Waals surface area (Å²) in [7, 11) is 0. The standard InChI is InChI=1S/C32H12BF24.C13H11N2O/c34-25(35,36)13-1-14(26(37,38)39)6-21(5-13)33(22-7-15(27(40,41)42)2-16(8-22)28(43,44)45,23-9-17(29(46,47)48)3-18(10-23)30(49,50)51)24-11-19(31(52,53)54)4-20(12-24)32(55,56)57;1-2-4-12-11(3-1)5-6-13(12)16-15-9-7-14-8-10-15/h1-12H;1-10,13H/q-1;+1. The van der Waals surface area contributed by atoms with Crippen LogP contribution in [-0.2, 0) is 49.4 Å². The normalized spacial score (nSPS) is 14.9. The minimum Gasteiger partial charge on any atom is -0.259 e. The summed E-state index contributed by atoms with van der Waals surface area (Å²) in [6.45, 7) is 0. The van der Waals surface area contributed by atoms with Crippen LogP contribution in [0.5, 0.6) is 0 Å². The van der Waals surface area contributed by atoms with E-state index >= 15 is 0 Å². The Bertz CT molecular complexity index is 2560. The van der Waals surface area contributed by atoms with Gasteiger partial charge in [0.25, 0.3) is 0 Å². The molecule has 0 bridgehead atoms. The summed E-state index contributed by atoms with van der Waals surface area (Å²) >= 11 is 0. The molecule has 6 aromatic rings. The topological polar surface area (TPSA) is 26.0 Å². The first-order chi connectivity index (χ1) is 33.2. The van der Waals surface area contributed by atoms with Crippen LogP contribution in [0.1, 0.15) is 61.7 Å². The Balaban J connectivity index is 0.000000453. The van der Waals surface area contributed by atoms with Crippen LogP contribution in [0.2, 0.25) is 0 Å². The van der Waals surface area contributed by atoms with E-state index in [9.17, 15) is 105 Å². The van der Waals surface area contributed by atoms with Crippen LogP contribution in [-0.4, -0.2) is 11.1 Å². The van der Waals surface area contributed by atoms with Gasteiger partial charge in [-0.25, -0.2) is 0 Å². The Kier molecular flexibility index (Phi) is 14.3. The van der Waals surface area contributed by atoms with Crippen molar-refractivity contribution in [3.8, 4) is 0 Å². The summed E-state index contributed by atoms with van der Waals surface area (Å²) in [5.41, 5.74) is -27.8. The summed E-state index contributed by atoms with van der Waals surface area (Å²) < 4.78 is 342. The van der Waals surface area contributed by atoms with E-state index in [-0.39, 0.29) is 6.10 Å². The van der Waals surface area contributed by atoms with E-state index in [1.165, 1.54) is 11.1 Å². The Morgan fingerprint density at radius 3 is 0.890 bits per heavy atom. The molecule has 0 spiro atoms. The third-order valence-corrected chi connectivity index (χ3v) is 11.0. The van der Waals surface area contributed by atoms with Gasteiger partial charge in [0.2, 0.25) is 18.5 Å². The first kappa shape index (κ1) is 55.4. The van der Waals surface area contributed by atoms with Gasteiger partial charge in [-0.2, -0.15) is 127 Å². The maximum Gasteiger partial charge on any atom is 0.416 e. The number of rotatable bonds is 6. The van der Waals surface area contributed by atoms with Crippen LogP contribution >= 0.6 is 0 Å². The van der Waals surface area contributed by atoms with Crippen LogP contribution in [0.3, 0.4) is 0 Å². The van der Waals surface area contributed by atoms with Gasteiger partial charge in [0, 0.05) is 10.3 Å². The quantitative estimate of drug-likeness (QED) is 0.0944. The highest BCUT2D eigenvalue weighted by Crippen LogP contribution is 2.41. The van der Waals surface area contributed by atoms with Crippen molar-refractivity contribution in [1.29, 1.82) is 0 Å². The first-order valence-corrected chi connectivity index (χ1v) is 19.8. The molecule has 1 aliphatic carbocycles. The molecule has 0 N–H and O–H groups in total. The predicted molar refractivity (Wildman–Crippen MR) is 209 cm³/mol. The lowest BCUT2D eigenvalue weighted by molar-refractivity contribution is -0.899. The van der Waals surface area contributed by atoms with Crippen LogP contribution in [0.4, 0.5) is 105 Å². The summed E-state index contributed by atoms with van der Waals surface area (Å²) in [5, 5.41) is 0. The van der Waals surface area contributed by atoms with Gasteiger partial charge in [-0.05, 0) is 35.9 Å². The maximum atomic E-state index is 14.2. The van der Waals surface area contributed by atoms with Gasteiger partial charge >= 0.3 is 49.4 Å². The summed E-state index contributed by atoms with van der Waals surface area (Å²) in [6, 6.07) is -0.575. The molecule has 0 radical (unpaired) electrons. The number of aromatic nitrogens is 2. The number of halogens is 24. The second-order valence-electron chi connectivity index (χ2n) is 15.8. The molecule has 1 aliphatic rings. The largest absolute Gasteiger partial charge is 0.416 e. The number of hydrogen-bond acceptors (Lipinski definition) is 2. The Morgan fingerprint density at radius 2 is 0.630 bits per heavy atom. The summed E-state index contributed by atoms with van der Waals surface area (Å²) in [5.74, 6) is 0. The summed E-state index contributed by atoms with van der Waals surface area (Å²) in [4.78, 5) is 9.74. The molecule has 1 unspecified atom stereocenters. The molecular formula is C45H23BF24N2O. The lowest BCUT2D eigenvalue weighted by atomic mass is 9.12. The average molecular weight is 1070 g/mol. The smallest absolute Gasteiger partial charge is 0.259 e. The fraction of sp³-hybridized carbons (Fsp3) is 0.200. The molecule has 5 aromatic carbocycles. The van der Waals surface area contributed by atoms with E-state index < -0.39 is 195 Å². The molecule has 1 heterocycles. The number of hydrogen-bond donors (Lipinski definition) is 0. The van der Waals surface area contributed by atoms with E-state index in [0.29, 0.717) is 0 Å². The lowest BCUT2D eigenvalue weighted by Crippen LogP contribution is -2.75. The third-order valence-electron chi connectivity index (χ3n) is 11.0. The van der Waals surface area contributed by atoms with Gasteiger partial charge < -0.3 is 0 Å². The Morgan fingerprint density at radius 1 is 0.370 bits per heavy atom. The van der Waals surface area contributed by atoms with E-state index in [4.69, 9.17) is 4.84 Å². The zero-order valence-electron chi connectivity index (χ0n) is 35.2. The minimum absolute atomic E-state index is 0.0106. The first-order valence-electron chi connectivity index (χ1n) is 19.8. The third kappa shape index (κ3) is 12.3. The molecule has 3 nitrogen and oxygen atoms in total. The Labute approximate surface area is 392 Å². The van der Waals surface area contributed by atoms with Gasteiger partial charge in [-0.3, -0.25) is 9.82 Å². The maximum absolute atomic E-state index is 14.2. The van der Waals surface area contributed by atoms with E-state index in [0.717, 1.165) is 0 Å². The van der Waals surface area contributed by atoms with Crippen LogP contribution < -0.4 is 31.4 Å². The molecule has 0 saturated carbocycles. The van der Waals surface area contributed by atoms with Gasteiger partial charge in [0.15, 0.2) is 0 Å². The van der Waals surface area contributed by atoms with Gasteiger partial charge in [-0.1, -0.05) is 78.9 Å². The molecule has 0 saturated heterocycles. The molecular weight excluding hydrogens is 1050 g/mol. The van der Waals surface area contributed by atoms with Crippen molar-refractivity contribution in [2.45, 2.75) is 55.5 Å². The van der Waals surface area contributed by atoms with Gasteiger partial charge in [-0.15, -0.1) is 0 Å². The molecule has 7 rings (SSSR count). The summed E-state index contributed by atoms with van der Waals surface area (Å²) in [6.07, 6.45) is -43.7. The molecule has 0 fully saturated rings. The zero-order valence-corrected chi connectivity index (χ0v) is 35.2. The van der Waals surface area contributed by atoms with Crippen LogP contribution in [0.15, 0.2) is 128 Å². The van der Waals surface area contributed by atoms with Crippen molar-refractivity contribution in [3.05, 3.63) is 184 Å². The second kappa shape index (κ2) is 18.9. The van der Waals surface area contributed by atoms with Crippen molar-refractivity contribution in [2.24, 2.45) is 0 Å². The molecule has 1 aromatic heterocycles. The fourth-order valence-electron chi connectivity index (χ4n) is 7.89. The number of benzene rings is 5. The fourth-order valence-corrected chi connectivity index (χ4v) is 7.89. The highest BCUT2D eigenvalue weighted by molar-refractivity contribution is 7.20. The molecule has 28 heteroatoms. The highest BCUT2D eigenvalue weighted by Gasteiger charge is 2.47. The predicted octanol–water partition coefficient (Wildman–Crippen LogP) is 12.8. The molecule has 0 amide bonds. The molecule has 390 valence electrons. The SMILES string of the molecule is C1=CC(O[n+]2ccncc2)c2ccccc21.FC(F)(F)c1cc([B-](c2cc(C(F)(F)F)cc(C(F)(F)F)c2)(c2cc(C(F)(F)F)cc(C(F)(F)F)c2)c2cc(C(F)(F)F)cc(C(F)(F)F)c2)cc(C(F)(F)F)c1. The zero-order chi connectivity index (χ0) is 54.7. The average Bonchev–Trinajstić information content (AvgIpc) is 3.67. The number of alkyl halides is 24. The van der Waals surface area contributed by atoms with Crippen LogP contribution in [0, 0.1) is 0 Å². The van der Waals surface area contributed by atoms with Gasteiger partial charge in [0.05, 0.1) is 56.9 Å². The molecule has 0 aliphatic heterocycles. The van der Waals surface area contributed by atoms with Crippen LogP contribution in [0.25, 0.3) is 6.08 Å². The monoisotopic (exact) mass is 1070 g/mol. The van der Waals surface area contributed by atoms with Crippen molar-refractivity contribution in [2.75, 3.05) is 0 Å².